The molecule has 4 heterocycles. The summed E-state index contributed by atoms with van der Waals surface area (Å²) in [5, 5.41) is 6.13. The van der Waals surface area contributed by atoms with E-state index in [1.807, 2.05) is 24.3 Å². The fraction of sp³-hybridized carbons (Fsp3) is 0.407. The summed E-state index contributed by atoms with van der Waals surface area (Å²) >= 11 is 0. The van der Waals surface area contributed by atoms with Crippen molar-refractivity contribution in [2.45, 2.75) is 19.6 Å². The summed E-state index contributed by atoms with van der Waals surface area (Å²) in [6, 6.07) is 12.6. The van der Waals surface area contributed by atoms with Crippen LogP contribution >= 0.6 is 0 Å². The van der Waals surface area contributed by atoms with Crippen LogP contribution in [0.4, 0.5) is 17.2 Å². The molecule has 1 atom stereocenters. The number of likely N-dealkylation sites (N-methyl/N-ethyl adjacent to an activating group) is 1. The number of carbonyl (C=O) groups excluding carboxylic acids is 1. The standard InChI is InChI=1S/C27H34N6O5/c1-3-32-11-13-33(14-12-32)16-18-7-9-23(37-18)26(34)29-15-19-17-36-22-6-4-5-21(25(22)38-19)30-24-10-8-20(28)27(31-24)35-2/h4-10,19H,3,11-17,28H2,1-2H3,(H,29,34)(H,30,31). The van der Waals surface area contributed by atoms with Crippen LogP contribution < -0.4 is 30.6 Å². The highest BCUT2D eigenvalue weighted by molar-refractivity contribution is 5.91. The molecule has 38 heavy (non-hydrogen) atoms. The second kappa shape index (κ2) is 11.6. The first kappa shape index (κ1) is 25.7. The lowest BCUT2D eigenvalue weighted by molar-refractivity contribution is 0.0774. The second-order valence-electron chi connectivity index (χ2n) is 9.29. The van der Waals surface area contributed by atoms with Crippen molar-refractivity contribution in [2.75, 3.05) is 64.0 Å². The Morgan fingerprint density at radius 3 is 2.74 bits per heavy atom. The van der Waals surface area contributed by atoms with Crippen LogP contribution in [0.5, 0.6) is 17.4 Å². The van der Waals surface area contributed by atoms with Crippen molar-refractivity contribution >= 4 is 23.1 Å². The number of nitrogens with zero attached hydrogens (tertiary/aromatic N) is 3. The number of methoxy groups -OCH3 is 1. The Hall–Kier alpha value is -3.96. The molecule has 5 rings (SSSR count). The van der Waals surface area contributed by atoms with Crippen molar-refractivity contribution in [2.24, 2.45) is 0 Å². The zero-order valence-electron chi connectivity index (χ0n) is 21.7. The summed E-state index contributed by atoms with van der Waals surface area (Å²) in [7, 11) is 1.51. The van der Waals surface area contributed by atoms with Crippen LogP contribution in [0.2, 0.25) is 0 Å². The number of hydrogen-bond acceptors (Lipinski definition) is 10. The number of pyridine rings is 1. The highest BCUT2D eigenvalue weighted by Gasteiger charge is 2.25. The number of nitrogen functional groups attached to an aromatic ring is 1. The number of aromatic nitrogens is 1. The molecule has 1 aromatic carbocycles. The first-order chi connectivity index (χ1) is 18.5. The Morgan fingerprint density at radius 2 is 1.95 bits per heavy atom. The first-order valence-electron chi connectivity index (χ1n) is 12.8. The molecular weight excluding hydrogens is 488 g/mol. The van der Waals surface area contributed by atoms with E-state index in [0.29, 0.717) is 47.7 Å². The predicted octanol–water partition coefficient (Wildman–Crippen LogP) is 2.72. The van der Waals surface area contributed by atoms with E-state index in [-0.39, 0.29) is 24.3 Å². The van der Waals surface area contributed by atoms with E-state index >= 15 is 0 Å². The van der Waals surface area contributed by atoms with Gasteiger partial charge in [-0.25, -0.2) is 0 Å². The third kappa shape index (κ3) is 5.95. The van der Waals surface area contributed by atoms with E-state index in [9.17, 15) is 4.79 Å². The third-order valence-electron chi connectivity index (χ3n) is 6.70. The Balaban J connectivity index is 1.16. The molecule has 0 bridgehead atoms. The van der Waals surface area contributed by atoms with E-state index in [1.165, 1.54) is 7.11 Å². The van der Waals surface area contributed by atoms with Crippen LogP contribution in [0.1, 0.15) is 23.2 Å². The van der Waals surface area contributed by atoms with Crippen molar-refractivity contribution in [1.29, 1.82) is 0 Å². The van der Waals surface area contributed by atoms with Crippen molar-refractivity contribution < 1.29 is 23.4 Å². The number of nitrogens with one attached hydrogen (secondary N) is 2. The highest BCUT2D eigenvalue weighted by atomic mass is 16.6. The summed E-state index contributed by atoms with van der Waals surface area (Å²) in [6.07, 6.45) is -0.382. The molecule has 0 spiro atoms. The number of piperazine rings is 1. The van der Waals surface area contributed by atoms with E-state index < -0.39 is 0 Å². The molecule has 4 N–H and O–H groups in total. The third-order valence-corrected chi connectivity index (χ3v) is 6.70. The van der Waals surface area contributed by atoms with Crippen molar-refractivity contribution in [3.63, 3.8) is 0 Å². The maximum absolute atomic E-state index is 12.8. The minimum atomic E-state index is -0.382. The minimum Gasteiger partial charge on any atom is -0.486 e. The number of nitrogens with two attached hydrogens (primary N) is 1. The molecule has 0 radical (unpaired) electrons. The van der Waals surface area contributed by atoms with Crippen LogP contribution in [0.3, 0.4) is 0 Å². The SMILES string of the molecule is CCN1CCN(Cc2ccc(C(=O)NCC3COc4cccc(Nc5ccc(N)c(OC)n5)c4O3)o2)CC1. The molecule has 2 aromatic heterocycles. The van der Waals surface area contributed by atoms with Crippen molar-refractivity contribution in [3.8, 4) is 17.4 Å². The number of furan rings is 1. The number of benzene rings is 1. The fourth-order valence-electron chi connectivity index (χ4n) is 4.52. The lowest BCUT2D eigenvalue weighted by Gasteiger charge is -2.33. The van der Waals surface area contributed by atoms with E-state index in [1.54, 1.807) is 18.2 Å². The average Bonchev–Trinajstić information content (AvgIpc) is 3.42. The maximum atomic E-state index is 12.8. The van der Waals surface area contributed by atoms with Crippen LogP contribution in [0.25, 0.3) is 0 Å². The lowest BCUT2D eigenvalue weighted by atomic mass is 10.2. The average molecular weight is 523 g/mol. The number of para-hydroxylation sites is 1. The monoisotopic (exact) mass is 522 g/mol. The zero-order valence-corrected chi connectivity index (χ0v) is 21.7. The Labute approximate surface area is 221 Å². The molecule has 1 fully saturated rings. The number of anilines is 3. The Kier molecular flexibility index (Phi) is 7.85. The molecule has 0 saturated carbocycles. The van der Waals surface area contributed by atoms with Gasteiger partial charge in [0.25, 0.3) is 5.91 Å². The fourth-order valence-corrected chi connectivity index (χ4v) is 4.52. The first-order valence-corrected chi connectivity index (χ1v) is 12.8. The molecule has 11 nitrogen and oxygen atoms in total. The van der Waals surface area contributed by atoms with E-state index in [2.05, 4.69) is 32.3 Å². The number of rotatable bonds is 9. The number of carbonyl (C=O) groups is 1. The molecular formula is C27H34N6O5. The predicted molar refractivity (Wildman–Crippen MR) is 143 cm³/mol. The summed E-state index contributed by atoms with van der Waals surface area (Å²) in [5.74, 6) is 2.81. The van der Waals surface area contributed by atoms with Gasteiger partial charge in [-0.1, -0.05) is 13.0 Å². The highest BCUT2D eigenvalue weighted by Crippen LogP contribution is 2.40. The molecule has 2 aliphatic rings. The van der Waals surface area contributed by atoms with Crippen LogP contribution in [-0.2, 0) is 6.54 Å². The zero-order chi connectivity index (χ0) is 26.5. The van der Waals surface area contributed by atoms with Gasteiger partial charge < -0.3 is 39.9 Å². The van der Waals surface area contributed by atoms with Crippen molar-refractivity contribution in [1.82, 2.24) is 20.1 Å². The van der Waals surface area contributed by atoms with Gasteiger partial charge in [0, 0.05) is 26.2 Å². The summed E-state index contributed by atoms with van der Waals surface area (Å²) in [5.41, 5.74) is 6.99. The molecule has 1 unspecified atom stereocenters. The minimum absolute atomic E-state index is 0.259. The van der Waals surface area contributed by atoms with E-state index in [4.69, 9.17) is 24.4 Å². The topological polar surface area (TPSA) is 127 Å². The molecule has 1 saturated heterocycles. The van der Waals surface area contributed by atoms with Gasteiger partial charge in [-0.15, -0.1) is 0 Å². The number of ether oxygens (including phenoxy) is 3. The number of amides is 1. The van der Waals surface area contributed by atoms with Gasteiger partial charge in [0.1, 0.15) is 18.2 Å². The smallest absolute Gasteiger partial charge is 0.287 e. The molecule has 11 heteroatoms. The van der Waals surface area contributed by atoms with Gasteiger partial charge in [-0.3, -0.25) is 9.69 Å². The van der Waals surface area contributed by atoms with Crippen LogP contribution in [-0.4, -0.2) is 79.8 Å². The van der Waals surface area contributed by atoms with Crippen LogP contribution in [0, 0.1) is 0 Å². The number of fused-ring (bicyclic) bond motifs is 1. The van der Waals surface area contributed by atoms with Gasteiger partial charge in [-0.2, -0.15) is 4.98 Å². The molecule has 1 amide bonds. The van der Waals surface area contributed by atoms with E-state index in [0.717, 1.165) is 38.5 Å². The maximum Gasteiger partial charge on any atom is 0.287 e. The molecule has 3 aromatic rings. The summed E-state index contributed by atoms with van der Waals surface area (Å²) < 4.78 is 23.1. The van der Waals surface area contributed by atoms with Gasteiger partial charge >= 0.3 is 0 Å². The summed E-state index contributed by atoms with van der Waals surface area (Å²) in [4.78, 5) is 21.9. The van der Waals surface area contributed by atoms with Crippen molar-refractivity contribution in [3.05, 3.63) is 54.0 Å². The number of hydrogen-bond donors (Lipinski definition) is 3. The Morgan fingerprint density at radius 1 is 1.13 bits per heavy atom. The normalized spacial score (nSPS) is 17.7. The second-order valence-corrected chi connectivity index (χ2v) is 9.29. The summed E-state index contributed by atoms with van der Waals surface area (Å²) in [6.45, 7) is 8.62. The molecule has 202 valence electrons. The van der Waals surface area contributed by atoms with Gasteiger partial charge in [0.05, 0.1) is 31.6 Å². The Bertz CT molecular complexity index is 1260. The van der Waals surface area contributed by atoms with Crippen LogP contribution in [0.15, 0.2) is 46.9 Å². The largest absolute Gasteiger partial charge is 0.486 e. The van der Waals surface area contributed by atoms with Gasteiger partial charge in [-0.05, 0) is 42.9 Å². The lowest BCUT2D eigenvalue weighted by Crippen LogP contribution is -2.45. The quantitative estimate of drug-likeness (QED) is 0.386. The molecule has 2 aliphatic heterocycles. The molecule has 0 aliphatic carbocycles. The van der Waals surface area contributed by atoms with Gasteiger partial charge in [0.2, 0.25) is 5.88 Å². The van der Waals surface area contributed by atoms with Gasteiger partial charge in [0.15, 0.2) is 23.4 Å².